The highest BCUT2D eigenvalue weighted by molar-refractivity contribution is 7.51. The Bertz CT molecular complexity index is 1060. The van der Waals surface area contributed by atoms with Crippen LogP contribution in [0.3, 0.4) is 0 Å². The number of rotatable bonds is 7. The topological polar surface area (TPSA) is 48.0 Å². The lowest BCUT2D eigenvalue weighted by Gasteiger charge is -2.25. The summed E-state index contributed by atoms with van der Waals surface area (Å²) in [5, 5.41) is 0. The number of hydrogen-bond donors (Lipinski definition) is 0. The van der Waals surface area contributed by atoms with Crippen LogP contribution in [0.25, 0.3) is 5.57 Å². The molecule has 0 bridgehead atoms. The van der Waals surface area contributed by atoms with E-state index in [4.69, 9.17) is 13.8 Å². The molecule has 1 unspecified atom stereocenters. The lowest BCUT2D eigenvalue weighted by atomic mass is 9.93. The second-order valence-electron chi connectivity index (χ2n) is 7.29. The smallest absolute Gasteiger partial charge is 0.460 e. The van der Waals surface area contributed by atoms with Gasteiger partial charge in [-0.05, 0) is 48.4 Å². The summed E-state index contributed by atoms with van der Waals surface area (Å²) < 4.78 is 31.9. The molecule has 1 heterocycles. The molecule has 0 saturated carbocycles. The van der Waals surface area contributed by atoms with Crippen molar-refractivity contribution in [2.24, 2.45) is 0 Å². The molecular formula is C25H26NO4P. The second kappa shape index (κ2) is 9.52. The Hall–Kier alpha value is -2.85. The Balaban J connectivity index is 1.56. The van der Waals surface area contributed by atoms with Crippen molar-refractivity contribution in [3.63, 3.8) is 0 Å². The largest absolute Gasteiger partial charge is 0.488 e. The average molecular weight is 435 g/mol. The van der Waals surface area contributed by atoms with Gasteiger partial charge in [-0.25, -0.2) is 9.24 Å². The first-order valence-corrected chi connectivity index (χ1v) is 11.7. The molecule has 1 aliphatic rings. The van der Waals surface area contributed by atoms with Crippen LogP contribution in [0.2, 0.25) is 0 Å². The maximum atomic E-state index is 13.2. The lowest BCUT2D eigenvalue weighted by Crippen LogP contribution is -2.20. The number of ether oxygens (including phenoxy) is 1. The molecule has 5 nitrogen and oxygen atoms in total. The highest BCUT2D eigenvalue weighted by Crippen LogP contribution is 2.50. The first-order valence-electron chi connectivity index (χ1n) is 10.2. The van der Waals surface area contributed by atoms with E-state index < -0.39 is 7.75 Å². The van der Waals surface area contributed by atoms with E-state index in [1.807, 2.05) is 48.5 Å². The molecule has 0 amide bonds. The molecule has 1 atom stereocenters. The van der Waals surface area contributed by atoms with Crippen LogP contribution in [0.4, 0.5) is 0 Å². The summed E-state index contributed by atoms with van der Waals surface area (Å²) in [7, 11) is -0.280. The Labute approximate surface area is 183 Å². The molecule has 1 aliphatic heterocycles. The van der Waals surface area contributed by atoms with E-state index in [2.05, 4.69) is 24.3 Å². The van der Waals surface area contributed by atoms with Crippen molar-refractivity contribution in [1.82, 2.24) is 4.67 Å². The Morgan fingerprint density at radius 3 is 2.42 bits per heavy atom. The van der Waals surface area contributed by atoms with Gasteiger partial charge in [0.25, 0.3) is 0 Å². The summed E-state index contributed by atoms with van der Waals surface area (Å²) in [4.78, 5) is 0. The molecule has 0 radical (unpaired) electrons. The highest BCUT2D eigenvalue weighted by Gasteiger charge is 2.30. The van der Waals surface area contributed by atoms with Crippen molar-refractivity contribution in [3.05, 3.63) is 102 Å². The summed E-state index contributed by atoms with van der Waals surface area (Å²) in [5.41, 5.74) is 4.48. The van der Waals surface area contributed by atoms with E-state index in [1.54, 1.807) is 23.9 Å². The van der Waals surface area contributed by atoms with Crippen LogP contribution in [0.5, 0.6) is 11.5 Å². The molecule has 0 N–H and O–H groups in total. The van der Waals surface area contributed by atoms with Crippen molar-refractivity contribution in [2.45, 2.75) is 13.0 Å². The number of para-hydroxylation sites is 2. The minimum atomic E-state index is -3.44. The molecule has 160 valence electrons. The molecule has 0 spiro atoms. The summed E-state index contributed by atoms with van der Waals surface area (Å²) >= 11 is 0. The number of fused-ring (bicyclic) bond motifs is 2. The Kier molecular flexibility index (Phi) is 6.57. The van der Waals surface area contributed by atoms with Gasteiger partial charge in [0.2, 0.25) is 0 Å². The van der Waals surface area contributed by atoms with Crippen LogP contribution in [0, 0.1) is 0 Å². The number of hydrogen-bond acceptors (Lipinski definition) is 4. The predicted octanol–water partition coefficient (Wildman–Crippen LogP) is 6.17. The molecule has 0 saturated heterocycles. The van der Waals surface area contributed by atoms with E-state index in [1.165, 1.54) is 7.11 Å². The molecule has 31 heavy (non-hydrogen) atoms. The van der Waals surface area contributed by atoms with Crippen LogP contribution in [0.1, 0.15) is 23.1 Å². The van der Waals surface area contributed by atoms with Gasteiger partial charge in [-0.3, -0.25) is 4.52 Å². The Morgan fingerprint density at radius 2 is 1.65 bits per heavy atom. The van der Waals surface area contributed by atoms with Gasteiger partial charge in [0.15, 0.2) is 0 Å². The molecular weight excluding hydrogens is 409 g/mol. The fraction of sp³-hybridized carbons (Fsp3) is 0.200. The van der Waals surface area contributed by atoms with Gasteiger partial charge in [-0.15, -0.1) is 0 Å². The standard InChI is InChI=1S/C25H26NO4P/c1-26(31(27,28-2)30-21-12-4-3-5-13-21)18-10-16-23-22-14-7-6-11-20(22)19-29-25-17-9-8-15-24(23)25/h3-9,11-17H,10,18-19H2,1-2H3/b23-16-. The number of nitrogens with zero attached hydrogens (tertiary/aromatic N) is 1. The van der Waals surface area contributed by atoms with Crippen molar-refractivity contribution < 1.29 is 18.3 Å². The summed E-state index contributed by atoms with van der Waals surface area (Å²) in [6.07, 6.45) is 2.84. The third-order valence-electron chi connectivity index (χ3n) is 5.28. The van der Waals surface area contributed by atoms with E-state index >= 15 is 0 Å². The van der Waals surface area contributed by atoms with E-state index in [-0.39, 0.29) is 0 Å². The summed E-state index contributed by atoms with van der Waals surface area (Å²) in [6.45, 7) is 1.04. The molecule has 0 aromatic heterocycles. The molecule has 0 fully saturated rings. The van der Waals surface area contributed by atoms with E-state index in [0.29, 0.717) is 25.3 Å². The van der Waals surface area contributed by atoms with E-state index in [9.17, 15) is 4.57 Å². The first kappa shape index (κ1) is 21.4. The third kappa shape index (κ3) is 4.75. The van der Waals surface area contributed by atoms with Crippen LogP contribution < -0.4 is 9.26 Å². The summed E-state index contributed by atoms with van der Waals surface area (Å²) in [6, 6.07) is 25.4. The zero-order chi connectivity index (χ0) is 21.7. The second-order valence-corrected chi connectivity index (χ2v) is 9.45. The third-order valence-corrected chi connectivity index (χ3v) is 7.22. The van der Waals surface area contributed by atoms with Crippen molar-refractivity contribution >= 4 is 13.3 Å². The maximum Gasteiger partial charge on any atom is 0.460 e. The van der Waals surface area contributed by atoms with Gasteiger partial charge in [0.05, 0.1) is 0 Å². The van der Waals surface area contributed by atoms with Gasteiger partial charge in [0, 0.05) is 19.2 Å². The molecule has 3 aromatic rings. The predicted molar refractivity (Wildman–Crippen MR) is 123 cm³/mol. The minimum Gasteiger partial charge on any atom is -0.488 e. The zero-order valence-corrected chi connectivity index (χ0v) is 18.6. The Morgan fingerprint density at radius 1 is 0.968 bits per heavy atom. The van der Waals surface area contributed by atoms with Crippen LogP contribution in [-0.2, 0) is 15.7 Å². The average Bonchev–Trinajstić information content (AvgIpc) is 2.97. The normalized spacial score (nSPS) is 16.0. The van der Waals surface area contributed by atoms with Gasteiger partial charge in [-0.1, -0.05) is 66.7 Å². The van der Waals surface area contributed by atoms with Crippen molar-refractivity contribution in [2.75, 3.05) is 20.7 Å². The lowest BCUT2D eigenvalue weighted by molar-refractivity contribution is 0.260. The van der Waals surface area contributed by atoms with Crippen LogP contribution in [0.15, 0.2) is 84.9 Å². The van der Waals surface area contributed by atoms with E-state index in [0.717, 1.165) is 28.0 Å². The maximum absolute atomic E-state index is 13.2. The summed E-state index contributed by atoms with van der Waals surface area (Å²) in [5.74, 6) is 1.38. The first-order chi connectivity index (χ1) is 15.1. The van der Waals surface area contributed by atoms with Crippen molar-refractivity contribution in [1.29, 1.82) is 0 Å². The number of benzene rings is 3. The molecule has 0 aliphatic carbocycles. The molecule has 3 aromatic carbocycles. The fourth-order valence-electron chi connectivity index (χ4n) is 3.62. The van der Waals surface area contributed by atoms with Crippen LogP contribution >= 0.6 is 7.75 Å². The van der Waals surface area contributed by atoms with Gasteiger partial charge in [0.1, 0.15) is 18.1 Å². The van der Waals surface area contributed by atoms with Gasteiger partial charge in [-0.2, -0.15) is 0 Å². The van der Waals surface area contributed by atoms with Crippen LogP contribution in [-0.4, -0.2) is 25.4 Å². The van der Waals surface area contributed by atoms with Gasteiger partial charge < -0.3 is 9.26 Å². The van der Waals surface area contributed by atoms with Crippen molar-refractivity contribution in [3.8, 4) is 11.5 Å². The zero-order valence-electron chi connectivity index (χ0n) is 17.7. The van der Waals surface area contributed by atoms with Gasteiger partial charge >= 0.3 is 7.75 Å². The molecule has 4 rings (SSSR count). The molecule has 6 heteroatoms. The minimum absolute atomic E-state index is 0.507. The fourth-order valence-corrected chi connectivity index (χ4v) is 4.86. The highest BCUT2D eigenvalue weighted by atomic mass is 31.2. The monoisotopic (exact) mass is 435 g/mol. The quantitative estimate of drug-likeness (QED) is 0.416. The SMILES string of the molecule is COP(=O)(Oc1ccccc1)N(C)CC/C=C1/c2ccccc2COc2ccccc21.